The summed E-state index contributed by atoms with van der Waals surface area (Å²) in [6.45, 7) is 0. The molecule has 0 amide bonds. The molecular weight excluding hydrogens is 206 g/mol. The number of hydrogen-bond acceptors (Lipinski definition) is 3. The average Bonchev–Trinajstić information content (AvgIpc) is 2.68. The Morgan fingerprint density at radius 1 is 1.56 bits per heavy atom. The fraction of sp³-hybridized carbons (Fsp3) is 0.182. The highest BCUT2D eigenvalue weighted by Crippen LogP contribution is 2.10. The van der Waals surface area contributed by atoms with Crippen LogP contribution in [0, 0.1) is 11.3 Å². The van der Waals surface area contributed by atoms with E-state index in [1.165, 1.54) is 10.5 Å². The lowest BCUT2D eigenvalue weighted by molar-refractivity contribution is 0.0689. The van der Waals surface area contributed by atoms with E-state index in [1.54, 1.807) is 18.3 Å². The zero-order valence-electron chi connectivity index (χ0n) is 8.42. The smallest absolute Gasteiger partial charge is 0.352 e. The van der Waals surface area contributed by atoms with Crippen LogP contribution in [0.15, 0.2) is 24.4 Å². The number of aromatic nitrogens is 2. The number of carbonyl (C=O) groups is 1. The normalized spacial score (nSPS) is 10.2. The summed E-state index contributed by atoms with van der Waals surface area (Å²) < 4.78 is 1.52. The van der Waals surface area contributed by atoms with Gasteiger partial charge >= 0.3 is 5.97 Å². The van der Waals surface area contributed by atoms with Crippen molar-refractivity contribution in [2.24, 2.45) is 0 Å². The number of nitriles is 1. The van der Waals surface area contributed by atoms with Gasteiger partial charge in [0.25, 0.3) is 0 Å². The quantitative estimate of drug-likeness (QED) is 0.841. The summed E-state index contributed by atoms with van der Waals surface area (Å²) in [5, 5.41) is 17.4. The summed E-state index contributed by atoms with van der Waals surface area (Å²) in [5.74, 6) is -0.991. The minimum absolute atomic E-state index is 0.174. The molecule has 2 aromatic rings. The highest BCUT2D eigenvalue weighted by atomic mass is 16.4. The largest absolute Gasteiger partial charge is 0.477 e. The maximum atomic E-state index is 10.9. The van der Waals surface area contributed by atoms with E-state index >= 15 is 0 Å². The first-order valence-electron chi connectivity index (χ1n) is 4.79. The number of carboxylic acid groups (broad SMARTS) is 1. The molecule has 1 N–H and O–H groups in total. The van der Waals surface area contributed by atoms with E-state index in [-0.39, 0.29) is 5.69 Å². The molecule has 0 aliphatic carbocycles. The number of hydrogen-bond donors (Lipinski definition) is 1. The van der Waals surface area contributed by atoms with Gasteiger partial charge in [-0.25, -0.2) is 9.78 Å². The van der Waals surface area contributed by atoms with Crippen LogP contribution < -0.4 is 0 Å². The number of pyridine rings is 1. The van der Waals surface area contributed by atoms with Crippen molar-refractivity contribution >= 4 is 11.6 Å². The zero-order valence-corrected chi connectivity index (χ0v) is 8.42. The van der Waals surface area contributed by atoms with E-state index in [0.29, 0.717) is 18.5 Å². The lowest BCUT2D eigenvalue weighted by atomic mass is 10.3. The van der Waals surface area contributed by atoms with E-state index in [1.807, 2.05) is 6.07 Å². The molecule has 2 aromatic heterocycles. The van der Waals surface area contributed by atoms with Crippen molar-refractivity contribution in [2.75, 3.05) is 0 Å². The first kappa shape index (κ1) is 10.2. The summed E-state index contributed by atoms with van der Waals surface area (Å²) in [6.07, 6.45) is 2.58. The Hall–Kier alpha value is -2.35. The van der Waals surface area contributed by atoms with Crippen molar-refractivity contribution < 1.29 is 9.90 Å². The molecule has 0 atom stereocenters. The minimum atomic E-state index is -0.991. The van der Waals surface area contributed by atoms with Gasteiger partial charge in [0, 0.05) is 19.0 Å². The molecule has 0 bridgehead atoms. The van der Waals surface area contributed by atoms with Gasteiger partial charge in [-0.2, -0.15) is 5.26 Å². The van der Waals surface area contributed by atoms with Crippen LogP contribution in [-0.4, -0.2) is 20.5 Å². The van der Waals surface area contributed by atoms with Crippen LogP contribution in [0.1, 0.15) is 22.6 Å². The lowest BCUT2D eigenvalue weighted by Gasteiger charge is -1.97. The number of nitrogens with zero attached hydrogens (tertiary/aromatic N) is 3. The van der Waals surface area contributed by atoms with Crippen LogP contribution >= 0.6 is 0 Å². The second kappa shape index (κ2) is 4.03. The third kappa shape index (κ3) is 1.73. The summed E-state index contributed by atoms with van der Waals surface area (Å²) in [4.78, 5) is 15.2. The summed E-state index contributed by atoms with van der Waals surface area (Å²) >= 11 is 0. The van der Waals surface area contributed by atoms with E-state index in [2.05, 4.69) is 4.98 Å². The Bertz CT molecular complexity index is 580. The van der Waals surface area contributed by atoms with Gasteiger partial charge in [0.2, 0.25) is 0 Å². The van der Waals surface area contributed by atoms with Gasteiger partial charge in [-0.3, -0.25) is 4.40 Å². The Balaban J connectivity index is 2.49. The number of fused-ring (bicyclic) bond motifs is 1. The third-order valence-corrected chi connectivity index (χ3v) is 2.25. The topological polar surface area (TPSA) is 78.4 Å². The molecule has 0 saturated heterocycles. The van der Waals surface area contributed by atoms with Crippen LogP contribution in [0.4, 0.5) is 0 Å². The Morgan fingerprint density at radius 2 is 2.38 bits per heavy atom. The standard InChI is InChI=1S/C11H9N3O2/c12-6-2-3-8-7-14-9(11(15)16)4-1-5-10(14)13-8/h1,4-5,7H,2-3H2,(H,15,16). The second-order valence-electron chi connectivity index (χ2n) is 3.33. The zero-order chi connectivity index (χ0) is 11.5. The summed E-state index contributed by atoms with van der Waals surface area (Å²) in [7, 11) is 0. The van der Waals surface area contributed by atoms with Gasteiger partial charge in [-0.15, -0.1) is 0 Å². The van der Waals surface area contributed by atoms with E-state index in [9.17, 15) is 4.79 Å². The van der Waals surface area contributed by atoms with Crippen molar-refractivity contribution in [2.45, 2.75) is 12.8 Å². The monoisotopic (exact) mass is 215 g/mol. The third-order valence-electron chi connectivity index (χ3n) is 2.25. The number of imidazole rings is 1. The van der Waals surface area contributed by atoms with Crippen LogP contribution in [-0.2, 0) is 6.42 Å². The maximum absolute atomic E-state index is 10.9. The van der Waals surface area contributed by atoms with Gasteiger partial charge in [0.05, 0.1) is 11.8 Å². The van der Waals surface area contributed by atoms with Crippen molar-refractivity contribution in [3.63, 3.8) is 0 Å². The molecule has 16 heavy (non-hydrogen) atoms. The molecule has 2 heterocycles. The molecule has 0 saturated carbocycles. The molecular formula is C11H9N3O2. The fourth-order valence-corrected chi connectivity index (χ4v) is 1.54. The van der Waals surface area contributed by atoms with Crippen molar-refractivity contribution in [1.82, 2.24) is 9.38 Å². The van der Waals surface area contributed by atoms with Gasteiger partial charge in [-0.05, 0) is 12.1 Å². The van der Waals surface area contributed by atoms with Gasteiger partial charge in [0.15, 0.2) is 0 Å². The molecule has 80 valence electrons. The molecule has 0 radical (unpaired) electrons. The molecule has 0 aliphatic rings. The van der Waals surface area contributed by atoms with Gasteiger partial charge in [-0.1, -0.05) is 6.07 Å². The first-order valence-corrected chi connectivity index (χ1v) is 4.79. The van der Waals surface area contributed by atoms with Crippen molar-refractivity contribution in [1.29, 1.82) is 5.26 Å². The van der Waals surface area contributed by atoms with Crippen LogP contribution in [0.25, 0.3) is 5.65 Å². The predicted molar refractivity (Wildman–Crippen MR) is 56.1 cm³/mol. The molecule has 0 fully saturated rings. The highest BCUT2D eigenvalue weighted by molar-refractivity contribution is 5.86. The number of aromatic carboxylic acids is 1. The van der Waals surface area contributed by atoms with Crippen molar-refractivity contribution in [3.05, 3.63) is 35.8 Å². The van der Waals surface area contributed by atoms with Crippen molar-refractivity contribution in [3.8, 4) is 6.07 Å². The molecule has 0 aliphatic heterocycles. The Labute approximate surface area is 91.6 Å². The fourth-order valence-electron chi connectivity index (χ4n) is 1.54. The predicted octanol–water partition coefficient (Wildman–Crippen LogP) is 1.49. The van der Waals surface area contributed by atoms with Gasteiger partial charge in [0.1, 0.15) is 11.3 Å². The number of aryl methyl sites for hydroxylation is 1. The number of rotatable bonds is 3. The average molecular weight is 215 g/mol. The van der Waals surface area contributed by atoms with Crippen LogP contribution in [0.3, 0.4) is 0 Å². The second-order valence-corrected chi connectivity index (χ2v) is 3.33. The molecule has 2 rings (SSSR count). The molecule has 0 aromatic carbocycles. The minimum Gasteiger partial charge on any atom is -0.477 e. The maximum Gasteiger partial charge on any atom is 0.352 e. The molecule has 0 spiro atoms. The Morgan fingerprint density at radius 3 is 3.06 bits per heavy atom. The lowest BCUT2D eigenvalue weighted by Crippen LogP contribution is -2.03. The molecule has 5 nitrogen and oxygen atoms in total. The van der Waals surface area contributed by atoms with E-state index < -0.39 is 5.97 Å². The van der Waals surface area contributed by atoms with Crippen LogP contribution in [0.2, 0.25) is 0 Å². The molecule has 5 heteroatoms. The van der Waals surface area contributed by atoms with Crippen LogP contribution in [0.5, 0.6) is 0 Å². The summed E-state index contributed by atoms with van der Waals surface area (Å²) in [5.41, 5.74) is 1.50. The SMILES string of the molecule is N#CCCc1cn2c(C(=O)O)cccc2n1. The Kier molecular flexibility index (Phi) is 2.56. The molecule has 0 unspecified atom stereocenters. The summed E-state index contributed by atoms with van der Waals surface area (Å²) in [6, 6.07) is 6.94. The van der Waals surface area contributed by atoms with E-state index in [4.69, 9.17) is 10.4 Å². The van der Waals surface area contributed by atoms with E-state index in [0.717, 1.165) is 5.69 Å². The first-order chi connectivity index (χ1) is 7.72. The number of carboxylic acids is 1. The van der Waals surface area contributed by atoms with Gasteiger partial charge < -0.3 is 5.11 Å². The highest BCUT2D eigenvalue weighted by Gasteiger charge is 2.09.